The molecule has 1 aromatic rings. The Labute approximate surface area is 142 Å². The molecule has 0 radical (unpaired) electrons. The van der Waals surface area contributed by atoms with Crippen LogP contribution < -0.4 is 21.9 Å². The lowest BCUT2D eigenvalue weighted by atomic mass is 10.1. The molecule has 2 rings (SSSR count). The molecule has 1 aromatic carbocycles. The van der Waals surface area contributed by atoms with Crippen LogP contribution in [-0.4, -0.2) is 37.1 Å². The smallest absolute Gasteiger partial charge is 0.179 e. The van der Waals surface area contributed by atoms with Gasteiger partial charge in [-0.25, -0.2) is 4.58 Å². The van der Waals surface area contributed by atoms with Gasteiger partial charge in [-0.05, 0) is 13.0 Å². The number of ether oxygens (including phenoxy) is 2. The summed E-state index contributed by atoms with van der Waals surface area (Å²) in [5, 5.41) is 1.02. The number of hydrogen-bond donors (Lipinski definition) is 0. The number of rotatable bonds is 6. The van der Waals surface area contributed by atoms with Crippen LogP contribution in [0.2, 0.25) is 10.0 Å². The molecule has 0 spiro atoms. The highest BCUT2D eigenvalue weighted by atomic mass is 35.5. The molecule has 0 bridgehead atoms. The highest BCUT2D eigenvalue weighted by Crippen LogP contribution is 2.37. The average molecular weight is 353 g/mol. The highest BCUT2D eigenvalue weighted by Gasteiger charge is 2.24. The molecule has 0 saturated heterocycles. The van der Waals surface area contributed by atoms with Crippen molar-refractivity contribution in [2.45, 2.75) is 32.2 Å². The van der Waals surface area contributed by atoms with Crippen LogP contribution in [0.5, 0.6) is 11.5 Å². The molecule has 0 saturated carbocycles. The van der Waals surface area contributed by atoms with Crippen molar-refractivity contribution >= 4 is 29.4 Å². The summed E-state index contributed by atoms with van der Waals surface area (Å²) in [6.45, 7) is 3.86. The molecule has 21 heavy (non-hydrogen) atoms. The molecule has 1 unspecified atom stereocenters. The Hall–Kier alpha value is -0.640. The summed E-state index contributed by atoms with van der Waals surface area (Å²) in [7, 11) is 1.58. The Bertz CT molecular complexity index is 506. The van der Waals surface area contributed by atoms with Gasteiger partial charge < -0.3 is 21.9 Å². The van der Waals surface area contributed by atoms with Crippen LogP contribution in [0.1, 0.15) is 26.2 Å². The van der Waals surface area contributed by atoms with Gasteiger partial charge in [0.05, 0.1) is 18.7 Å². The maximum atomic E-state index is 6.08. The molecule has 0 amide bonds. The SMILES string of the molecule is CC[N+]1=CCCC1CCOc1cc(Cl)cc(Cl)c1OC.[Cl-]. The topological polar surface area (TPSA) is 21.5 Å². The minimum atomic E-state index is 0. The lowest BCUT2D eigenvalue weighted by Gasteiger charge is -2.14. The molecule has 0 aromatic heterocycles. The van der Waals surface area contributed by atoms with Gasteiger partial charge in [-0.2, -0.15) is 0 Å². The molecule has 1 atom stereocenters. The molecular formula is C15H20Cl3NO2. The van der Waals surface area contributed by atoms with E-state index >= 15 is 0 Å². The zero-order chi connectivity index (χ0) is 14.5. The summed E-state index contributed by atoms with van der Waals surface area (Å²) in [6, 6.07) is 3.96. The first kappa shape index (κ1) is 18.4. The summed E-state index contributed by atoms with van der Waals surface area (Å²) in [5.41, 5.74) is 0. The molecule has 1 heterocycles. The molecule has 118 valence electrons. The van der Waals surface area contributed by atoms with Crippen molar-refractivity contribution in [2.75, 3.05) is 20.3 Å². The van der Waals surface area contributed by atoms with Crippen LogP contribution in [0.25, 0.3) is 0 Å². The van der Waals surface area contributed by atoms with E-state index in [0.29, 0.717) is 34.2 Å². The first-order chi connectivity index (χ1) is 9.65. The Morgan fingerprint density at radius 2 is 2.10 bits per heavy atom. The van der Waals surface area contributed by atoms with Gasteiger partial charge >= 0.3 is 0 Å². The highest BCUT2D eigenvalue weighted by molar-refractivity contribution is 6.35. The minimum Gasteiger partial charge on any atom is -1.00 e. The van der Waals surface area contributed by atoms with Crippen LogP contribution in [0.15, 0.2) is 12.1 Å². The summed E-state index contributed by atoms with van der Waals surface area (Å²) < 4.78 is 13.5. The summed E-state index contributed by atoms with van der Waals surface area (Å²) in [4.78, 5) is 0. The summed E-state index contributed by atoms with van der Waals surface area (Å²) >= 11 is 12.1. The average Bonchev–Trinajstić information content (AvgIpc) is 2.86. The van der Waals surface area contributed by atoms with E-state index in [9.17, 15) is 0 Å². The third-order valence-corrected chi connectivity index (χ3v) is 4.08. The van der Waals surface area contributed by atoms with E-state index in [1.165, 1.54) is 6.42 Å². The lowest BCUT2D eigenvalue weighted by Crippen LogP contribution is -3.00. The second-order valence-electron chi connectivity index (χ2n) is 4.80. The molecule has 0 N–H and O–H groups in total. The van der Waals surface area contributed by atoms with Crippen LogP contribution in [0.4, 0.5) is 0 Å². The van der Waals surface area contributed by atoms with E-state index in [4.69, 9.17) is 32.7 Å². The Balaban J connectivity index is 0.00000220. The molecule has 3 nitrogen and oxygen atoms in total. The molecule has 0 aliphatic carbocycles. The number of hydrogen-bond acceptors (Lipinski definition) is 2. The molecule has 1 aliphatic heterocycles. The fourth-order valence-electron chi connectivity index (χ4n) is 2.59. The first-order valence-corrected chi connectivity index (χ1v) is 7.66. The second-order valence-corrected chi connectivity index (χ2v) is 5.64. The Kier molecular flexibility index (Phi) is 7.64. The van der Waals surface area contributed by atoms with Crippen LogP contribution in [0, 0.1) is 0 Å². The van der Waals surface area contributed by atoms with E-state index in [1.54, 1.807) is 19.2 Å². The predicted molar refractivity (Wildman–Crippen MR) is 83.0 cm³/mol. The normalized spacial score (nSPS) is 17.1. The van der Waals surface area contributed by atoms with Crippen LogP contribution in [-0.2, 0) is 0 Å². The van der Waals surface area contributed by atoms with Crippen molar-refractivity contribution in [1.29, 1.82) is 0 Å². The quantitative estimate of drug-likeness (QED) is 0.714. The van der Waals surface area contributed by atoms with Crippen LogP contribution in [0.3, 0.4) is 0 Å². The molecule has 1 aliphatic rings. The van der Waals surface area contributed by atoms with E-state index in [0.717, 1.165) is 19.4 Å². The molecule has 6 heteroatoms. The van der Waals surface area contributed by atoms with Crippen molar-refractivity contribution in [2.24, 2.45) is 0 Å². The minimum absolute atomic E-state index is 0. The fourth-order valence-corrected chi connectivity index (χ4v) is 3.14. The van der Waals surface area contributed by atoms with Crippen molar-refractivity contribution in [3.63, 3.8) is 0 Å². The third-order valence-electron chi connectivity index (χ3n) is 3.58. The van der Waals surface area contributed by atoms with Crippen LogP contribution >= 0.6 is 23.2 Å². The number of benzene rings is 1. The van der Waals surface area contributed by atoms with Gasteiger partial charge in [-0.1, -0.05) is 23.2 Å². The number of methoxy groups -OCH3 is 1. The van der Waals surface area contributed by atoms with Gasteiger partial charge in [0.2, 0.25) is 0 Å². The fraction of sp³-hybridized carbons (Fsp3) is 0.533. The molecular weight excluding hydrogens is 333 g/mol. The van der Waals surface area contributed by atoms with Gasteiger partial charge in [0.25, 0.3) is 0 Å². The first-order valence-electron chi connectivity index (χ1n) is 6.90. The standard InChI is InChI=1S/C15H20Cl2NO2.ClH/c1-3-18-7-4-5-12(18)6-8-20-14-10-11(16)9-13(17)15(14)19-2;/h7,9-10,12H,3-6,8H2,1-2H3;1H/q+1;/p-1. The number of nitrogens with zero attached hydrogens (tertiary/aromatic N) is 1. The Morgan fingerprint density at radius 3 is 2.76 bits per heavy atom. The van der Waals surface area contributed by atoms with Gasteiger partial charge in [0.1, 0.15) is 12.8 Å². The Morgan fingerprint density at radius 1 is 1.33 bits per heavy atom. The summed E-state index contributed by atoms with van der Waals surface area (Å²) in [6.07, 6.45) is 5.62. The zero-order valence-electron chi connectivity index (χ0n) is 12.2. The van der Waals surface area contributed by atoms with E-state index in [2.05, 4.69) is 17.7 Å². The lowest BCUT2D eigenvalue weighted by molar-refractivity contribution is -0.552. The van der Waals surface area contributed by atoms with Crippen molar-refractivity contribution in [3.05, 3.63) is 22.2 Å². The van der Waals surface area contributed by atoms with Crippen molar-refractivity contribution in [1.82, 2.24) is 0 Å². The summed E-state index contributed by atoms with van der Waals surface area (Å²) in [5.74, 6) is 1.15. The second kappa shape index (κ2) is 8.72. The molecule has 0 fully saturated rings. The van der Waals surface area contributed by atoms with Gasteiger partial charge in [0.15, 0.2) is 17.5 Å². The van der Waals surface area contributed by atoms with E-state index in [1.807, 2.05) is 0 Å². The monoisotopic (exact) mass is 351 g/mol. The van der Waals surface area contributed by atoms with E-state index in [-0.39, 0.29) is 12.4 Å². The van der Waals surface area contributed by atoms with Gasteiger partial charge in [-0.15, -0.1) is 0 Å². The number of halogens is 3. The van der Waals surface area contributed by atoms with Gasteiger partial charge in [0, 0.05) is 30.4 Å². The predicted octanol–water partition coefficient (Wildman–Crippen LogP) is 1.04. The third kappa shape index (κ3) is 4.67. The zero-order valence-corrected chi connectivity index (χ0v) is 14.5. The maximum absolute atomic E-state index is 6.08. The maximum Gasteiger partial charge on any atom is 0.179 e. The van der Waals surface area contributed by atoms with E-state index < -0.39 is 0 Å². The van der Waals surface area contributed by atoms with Crippen molar-refractivity contribution < 1.29 is 26.5 Å². The van der Waals surface area contributed by atoms with Gasteiger partial charge in [-0.3, -0.25) is 0 Å². The largest absolute Gasteiger partial charge is 1.00 e. The van der Waals surface area contributed by atoms with Crippen molar-refractivity contribution in [3.8, 4) is 11.5 Å².